The van der Waals surface area contributed by atoms with Crippen molar-refractivity contribution in [1.82, 2.24) is 4.90 Å². The predicted octanol–water partition coefficient (Wildman–Crippen LogP) is 1.70. The molecule has 0 saturated heterocycles. The van der Waals surface area contributed by atoms with Crippen LogP contribution in [0.1, 0.15) is 19.4 Å². The van der Waals surface area contributed by atoms with Gasteiger partial charge in [0.15, 0.2) is 0 Å². The van der Waals surface area contributed by atoms with E-state index in [2.05, 4.69) is 9.89 Å². The first kappa shape index (κ1) is 17.6. The van der Waals surface area contributed by atoms with Crippen molar-refractivity contribution in [3.05, 3.63) is 23.8 Å². The van der Waals surface area contributed by atoms with Crippen molar-refractivity contribution in [3.63, 3.8) is 0 Å². The Kier molecular flexibility index (Phi) is 6.24. The molecule has 1 heterocycles. The Hall–Kier alpha value is -1.79. The number of methoxy groups -OCH3 is 2. The molecule has 1 N–H and O–H groups in total. The topological polar surface area (TPSA) is 63.5 Å². The minimum atomic E-state index is -0.0268. The number of aliphatic hydroxyl groups excluding tert-OH is 1. The van der Waals surface area contributed by atoms with Crippen LogP contribution in [0, 0.1) is 0 Å². The molecule has 0 spiro atoms. The summed E-state index contributed by atoms with van der Waals surface area (Å²) >= 11 is 0. The molecule has 2 atom stereocenters. The Labute approximate surface area is 137 Å². The maximum Gasteiger partial charge on any atom is 0.200 e. The van der Waals surface area contributed by atoms with Gasteiger partial charge in [0.25, 0.3) is 0 Å². The van der Waals surface area contributed by atoms with E-state index in [1.165, 1.54) is 0 Å². The van der Waals surface area contributed by atoms with E-state index in [1.807, 2.05) is 32.0 Å². The first-order chi connectivity index (χ1) is 11.1. The molecule has 1 aromatic carbocycles. The van der Waals surface area contributed by atoms with E-state index >= 15 is 0 Å². The average molecular weight is 322 g/mol. The molecule has 23 heavy (non-hydrogen) atoms. The largest absolute Gasteiger partial charge is 0.497 e. The van der Waals surface area contributed by atoms with Gasteiger partial charge in [-0.05, 0) is 19.9 Å². The third-order valence-corrected chi connectivity index (χ3v) is 4.13. The lowest BCUT2D eigenvalue weighted by Crippen LogP contribution is -2.52. The highest BCUT2D eigenvalue weighted by Gasteiger charge is 2.32. The number of aliphatic hydroxyl groups is 1. The van der Waals surface area contributed by atoms with Crippen molar-refractivity contribution < 1.29 is 19.3 Å². The van der Waals surface area contributed by atoms with Gasteiger partial charge >= 0.3 is 0 Å². The zero-order valence-electron chi connectivity index (χ0n) is 14.3. The van der Waals surface area contributed by atoms with E-state index in [4.69, 9.17) is 14.2 Å². The number of nitrogens with zero attached hydrogens (tertiary/aromatic N) is 2. The first-order valence-corrected chi connectivity index (χ1v) is 7.89. The van der Waals surface area contributed by atoms with Crippen molar-refractivity contribution in [2.75, 3.05) is 34.0 Å². The lowest BCUT2D eigenvalue weighted by Gasteiger charge is -2.38. The predicted molar refractivity (Wildman–Crippen MR) is 89.4 cm³/mol. The van der Waals surface area contributed by atoms with Gasteiger partial charge in [0.2, 0.25) is 5.90 Å². The maximum atomic E-state index is 9.68. The van der Waals surface area contributed by atoms with Crippen LogP contribution < -0.4 is 9.47 Å². The molecule has 6 heteroatoms. The van der Waals surface area contributed by atoms with E-state index < -0.39 is 0 Å². The van der Waals surface area contributed by atoms with Gasteiger partial charge in [-0.25, -0.2) is 0 Å². The standard InChI is InChI=1S/C17H26N2O4/c1-5-23-17-12(2)19(14(11-20)9-18-17)10-13-6-7-15(21-3)8-16(13)22-4/h6-8,12,14,20H,5,9-11H2,1-4H3/t12?,14-/m1/s1. The number of aliphatic imine (C=N–C) groups is 1. The number of rotatable bonds is 6. The molecule has 0 aromatic heterocycles. The van der Waals surface area contributed by atoms with Crippen LogP contribution in [0.15, 0.2) is 23.2 Å². The molecule has 6 nitrogen and oxygen atoms in total. The minimum Gasteiger partial charge on any atom is -0.497 e. The second-order valence-corrected chi connectivity index (χ2v) is 5.47. The van der Waals surface area contributed by atoms with E-state index in [-0.39, 0.29) is 18.7 Å². The highest BCUT2D eigenvalue weighted by Crippen LogP contribution is 2.28. The molecule has 0 aliphatic carbocycles. The molecule has 1 unspecified atom stereocenters. The van der Waals surface area contributed by atoms with Crippen LogP contribution >= 0.6 is 0 Å². The van der Waals surface area contributed by atoms with Crippen LogP contribution in [-0.4, -0.2) is 62.0 Å². The number of ether oxygens (including phenoxy) is 3. The highest BCUT2D eigenvalue weighted by atomic mass is 16.5. The zero-order valence-corrected chi connectivity index (χ0v) is 14.3. The first-order valence-electron chi connectivity index (χ1n) is 7.89. The normalized spacial score (nSPS) is 21.7. The fourth-order valence-electron chi connectivity index (χ4n) is 2.81. The minimum absolute atomic E-state index is 0.00709. The van der Waals surface area contributed by atoms with Gasteiger partial charge in [-0.2, -0.15) is 0 Å². The van der Waals surface area contributed by atoms with Crippen molar-refractivity contribution in [1.29, 1.82) is 0 Å². The third kappa shape index (κ3) is 3.95. The molecule has 1 aliphatic rings. The molecule has 1 aromatic rings. The molecule has 0 amide bonds. The summed E-state index contributed by atoms with van der Waals surface area (Å²) in [6, 6.07) is 5.76. The fourth-order valence-corrected chi connectivity index (χ4v) is 2.81. The van der Waals surface area contributed by atoms with E-state index in [0.717, 1.165) is 23.0 Å². The SMILES string of the molecule is CCOC1=NC[C@H](CO)N(Cc2ccc(OC)cc2OC)C1C. The van der Waals surface area contributed by atoms with Crippen LogP contribution in [-0.2, 0) is 11.3 Å². The van der Waals surface area contributed by atoms with Gasteiger partial charge < -0.3 is 19.3 Å². The van der Waals surface area contributed by atoms with Gasteiger partial charge in [0.1, 0.15) is 11.5 Å². The van der Waals surface area contributed by atoms with Crippen molar-refractivity contribution in [2.24, 2.45) is 4.99 Å². The van der Waals surface area contributed by atoms with Crippen LogP contribution in [0.3, 0.4) is 0 Å². The fraction of sp³-hybridized carbons (Fsp3) is 0.588. The van der Waals surface area contributed by atoms with Crippen molar-refractivity contribution >= 4 is 5.90 Å². The Morgan fingerprint density at radius 3 is 2.70 bits per heavy atom. The Morgan fingerprint density at radius 2 is 2.09 bits per heavy atom. The van der Waals surface area contributed by atoms with Gasteiger partial charge in [0, 0.05) is 18.2 Å². The number of hydrogen-bond donors (Lipinski definition) is 1. The second kappa shape index (κ2) is 8.17. The van der Waals surface area contributed by atoms with Crippen LogP contribution in [0.5, 0.6) is 11.5 Å². The molecule has 0 bridgehead atoms. The lowest BCUT2D eigenvalue weighted by molar-refractivity contribution is 0.0871. The molecule has 0 fully saturated rings. The summed E-state index contributed by atoms with van der Waals surface area (Å²) in [5, 5.41) is 9.68. The molecule has 0 saturated carbocycles. The summed E-state index contributed by atoms with van der Waals surface area (Å²) in [5.41, 5.74) is 1.04. The summed E-state index contributed by atoms with van der Waals surface area (Å²) in [5.74, 6) is 2.26. The van der Waals surface area contributed by atoms with E-state index in [9.17, 15) is 5.11 Å². The smallest absolute Gasteiger partial charge is 0.200 e. The summed E-state index contributed by atoms with van der Waals surface area (Å²) in [6.45, 7) is 5.83. The average Bonchev–Trinajstić information content (AvgIpc) is 2.58. The van der Waals surface area contributed by atoms with Crippen LogP contribution in [0.25, 0.3) is 0 Å². The third-order valence-electron chi connectivity index (χ3n) is 4.13. The van der Waals surface area contributed by atoms with Crippen LogP contribution in [0.4, 0.5) is 0 Å². The molecular weight excluding hydrogens is 296 g/mol. The van der Waals surface area contributed by atoms with Crippen molar-refractivity contribution in [2.45, 2.75) is 32.5 Å². The van der Waals surface area contributed by atoms with Gasteiger partial charge in [-0.15, -0.1) is 0 Å². The van der Waals surface area contributed by atoms with Gasteiger partial charge in [-0.3, -0.25) is 9.89 Å². The van der Waals surface area contributed by atoms with Crippen molar-refractivity contribution in [3.8, 4) is 11.5 Å². The van der Waals surface area contributed by atoms with E-state index in [0.29, 0.717) is 19.7 Å². The molecule has 128 valence electrons. The Bertz CT molecular complexity index is 547. The summed E-state index contributed by atoms with van der Waals surface area (Å²) in [6.07, 6.45) is 0. The Morgan fingerprint density at radius 1 is 1.30 bits per heavy atom. The Balaban J connectivity index is 2.24. The highest BCUT2D eigenvalue weighted by molar-refractivity contribution is 5.82. The van der Waals surface area contributed by atoms with Crippen LogP contribution in [0.2, 0.25) is 0 Å². The second-order valence-electron chi connectivity index (χ2n) is 5.47. The quantitative estimate of drug-likeness (QED) is 0.864. The summed E-state index contributed by atoms with van der Waals surface area (Å²) in [7, 11) is 3.28. The van der Waals surface area contributed by atoms with Gasteiger partial charge in [-0.1, -0.05) is 6.07 Å². The number of hydrogen-bond acceptors (Lipinski definition) is 6. The van der Waals surface area contributed by atoms with E-state index in [1.54, 1.807) is 14.2 Å². The molecule has 0 radical (unpaired) electrons. The lowest BCUT2D eigenvalue weighted by atomic mass is 10.1. The summed E-state index contributed by atoms with van der Waals surface area (Å²) in [4.78, 5) is 6.65. The summed E-state index contributed by atoms with van der Waals surface area (Å²) < 4.78 is 16.3. The molecule has 1 aliphatic heterocycles. The maximum absolute atomic E-state index is 9.68. The molecular formula is C17H26N2O4. The molecule has 2 rings (SSSR count). The monoisotopic (exact) mass is 322 g/mol. The van der Waals surface area contributed by atoms with Gasteiger partial charge in [0.05, 0.1) is 46.1 Å². The number of benzene rings is 1. The zero-order chi connectivity index (χ0) is 16.8.